The van der Waals surface area contributed by atoms with Gasteiger partial charge in [-0.05, 0) is 47.4 Å². The SMILES string of the molecule is NS(=O)(=O)Cc1ccc(C(=O)N2CCc3ccc(F)cc3C2)cc1. The van der Waals surface area contributed by atoms with Crippen molar-refractivity contribution >= 4 is 15.9 Å². The van der Waals surface area contributed by atoms with E-state index < -0.39 is 10.0 Å². The standard InChI is InChI=1S/C17H17FN2O3S/c18-16-6-5-13-7-8-20(10-15(13)9-16)17(21)14-3-1-12(2-4-14)11-24(19,22)23/h1-6,9H,7-8,10-11H2,(H2,19,22,23). The van der Waals surface area contributed by atoms with E-state index in [9.17, 15) is 17.6 Å². The molecule has 0 radical (unpaired) electrons. The molecule has 5 nitrogen and oxygen atoms in total. The monoisotopic (exact) mass is 348 g/mol. The van der Waals surface area contributed by atoms with Gasteiger partial charge in [0.1, 0.15) is 5.82 Å². The van der Waals surface area contributed by atoms with Crippen LogP contribution in [-0.4, -0.2) is 25.8 Å². The summed E-state index contributed by atoms with van der Waals surface area (Å²) in [6.45, 7) is 0.932. The summed E-state index contributed by atoms with van der Waals surface area (Å²) in [7, 11) is -3.60. The molecule has 0 saturated heterocycles. The van der Waals surface area contributed by atoms with Gasteiger partial charge in [-0.1, -0.05) is 18.2 Å². The lowest BCUT2D eigenvalue weighted by atomic mass is 9.99. The van der Waals surface area contributed by atoms with Crippen molar-refractivity contribution in [3.63, 3.8) is 0 Å². The second kappa shape index (κ2) is 6.33. The molecule has 0 saturated carbocycles. The molecule has 0 aromatic heterocycles. The van der Waals surface area contributed by atoms with Crippen LogP contribution in [0.2, 0.25) is 0 Å². The van der Waals surface area contributed by atoms with E-state index in [1.54, 1.807) is 35.2 Å². The van der Waals surface area contributed by atoms with Gasteiger partial charge in [0.25, 0.3) is 5.91 Å². The Morgan fingerprint density at radius 2 is 1.83 bits per heavy atom. The minimum absolute atomic E-state index is 0.160. The third kappa shape index (κ3) is 3.80. The lowest BCUT2D eigenvalue weighted by Crippen LogP contribution is -2.36. The number of carbonyl (C=O) groups excluding carboxylic acids is 1. The van der Waals surface area contributed by atoms with Crippen molar-refractivity contribution in [2.24, 2.45) is 5.14 Å². The zero-order chi connectivity index (χ0) is 17.3. The number of nitrogens with zero attached hydrogens (tertiary/aromatic N) is 1. The van der Waals surface area contributed by atoms with Crippen LogP contribution in [-0.2, 0) is 28.7 Å². The maximum atomic E-state index is 13.4. The molecule has 1 amide bonds. The zero-order valence-corrected chi connectivity index (χ0v) is 13.7. The van der Waals surface area contributed by atoms with E-state index in [2.05, 4.69) is 0 Å². The molecule has 2 N–H and O–H groups in total. The van der Waals surface area contributed by atoms with Gasteiger partial charge in [0.05, 0.1) is 5.75 Å². The molecule has 0 fully saturated rings. The summed E-state index contributed by atoms with van der Waals surface area (Å²) in [5.74, 6) is -0.736. The Bertz CT molecular complexity index is 879. The molecule has 0 aliphatic carbocycles. The highest BCUT2D eigenvalue weighted by molar-refractivity contribution is 7.88. The van der Waals surface area contributed by atoms with Gasteiger partial charge < -0.3 is 4.90 Å². The van der Waals surface area contributed by atoms with E-state index in [4.69, 9.17) is 5.14 Å². The Hall–Kier alpha value is -2.25. The van der Waals surface area contributed by atoms with E-state index in [1.165, 1.54) is 12.1 Å². The Balaban J connectivity index is 1.75. The first-order valence-corrected chi connectivity index (χ1v) is 9.19. The Morgan fingerprint density at radius 3 is 2.50 bits per heavy atom. The van der Waals surface area contributed by atoms with Crippen molar-refractivity contribution < 1.29 is 17.6 Å². The molecule has 1 heterocycles. The average Bonchev–Trinajstić information content (AvgIpc) is 2.52. The Labute approximate surface area is 139 Å². The topological polar surface area (TPSA) is 80.5 Å². The number of fused-ring (bicyclic) bond motifs is 1. The van der Waals surface area contributed by atoms with Crippen molar-refractivity contribution in [2.75, 3.05) is 6.54 Å². The molecule has 2 aromatic carbocycles. The van der Waals surface area contributed by atoms with Crippen LogP contribution in [0, 0.1) is 5.82 Å². The summed E-state index contributed by atoms with van der Waals surface area (Å²) >= 11 is 0. The largest absolute Gasteiger partial charge is 0.334 e. The molecule has 0 bridgehead atoms. The third-order valence-corrected chi connectivity index (χ3v) is 4.77. The average molecular weight is 348 g/mol. The first kappa shape index (κ1) is 16.6. The number of hydrogen-bond donors (Lipinski definition) is 1. The summed E-state index contributed by atoms with van der Waals surface area (Å²) in [5, 5.41) is 5.01. The molecule has 24 heavy (non-hydrogen) atoms. The number of amides is 1. The van der Waals surface area contributed by atoms with Crippen LogP contribution < -0.4 is 5.14 Å². The minimum Gasteiger partial charge on any atom is -0.334 e. The maximum Gasteiger partial charge on any atom is 0.254 e. The summed E-state index contributed by atoms with van der Waals surface area (Å²) in [5.41, 5.74) is 2.87. The normalized spacial score (nSPS) is 14.3. The number of benzene rings is 2. The van der Waals surface area contributed by atoms with Crippen molar-refractivity contribution in [3.8, 4) is 0 Å². The van der Waals surface area contributed by atoms with E-state index in [-0.39, 0.29) is 17.5 Å². The molecule has 2 aromatic rings. The number of hydrogen-bond acceptors (Lipinski definition) is 3. The maximum absolute atomic E-state index is 13.4. The van der Waals surface area contributed by atoms with Gasteiger partial charge in [-0.2, -0.15) is 0 Å². The summed E-state index contributed by atoms with van der Waals surface area (Å²) in [4.78, 5) is 14.2. The van der Waals surface area contributed by atoms with Crippen LogP contribution in [0.15, 0.2) is 42.5 Å². The van der Waals surface area contributed by atoms with Crippen LogP contribution in [0.25, 0.3) is 0 Å². The van der Waals surface area contributed by atoms with Gasteiger partial charge in [0.15, 0.2) is 0 Å². The highest BCUT2D eigenvalue weighted by atomic mass is 32.2. The molecule has 0 spiro atoms. The molecule has 126 valence electrons. The molecule has 1 aliphatic heterocycles. The van der Waals surface area contributed by atoms with Gasteiger partial charge in [-0.15, -0.1) is 0 Å². The van der Waals surface area contributed by atoms with Crippen LogP contribution in [0.4, 0.5) is 4.39 Å². The Kier molecular flexibility index (Phi) is 4.38. The first-order chi connectivity index (χ1) is 11.3. The molecule has 1 aliphatic rings. The molecule has 7 heteroatoms. The minimum atomic E-state index is -3.60. The van der Waals surface area contributed by atoms with Gasteiger partial charge in [0.2, 0.25) is 10.0 Å². The summed E-state index contributed by atoms with van der Waals surface area (Å²) < 4.78 is 35.5. The zero-order valence-electron chi connectivity index (χ0n) is 12.9. The van der Waals surface area contributed by atoms with E-state index in [0.717, 1.165) is 11.1 Å². The highest BCUT2D eigenvalue weighted by Gasteiger charge is 2.22. The van der Waals surface area contributed by atoms with Crippen molar-refractivity contribution in [3.05, 3.63) is 70.5 Å². The van der Waals surface area contributed by atoms with Gasteiger partial charge >= 0.3 is 0 Å². The summed E-state index contributed by atoms with van der Waals surface area (Å²) in [6.07, 6.45) is 0.685. The van der Waals surface area contributed by atoms with Gasteiger partial charge in [0, 0.05) is 18.7 Å². The highest BCUT2D eigenvalue weighted by Crippen LogP contribution is 2.21. The number of nitrogens with two attached hydrogens (primary N) is 1. The second-order valence-corrected chi connectivity index (χ2v) is 7.51. The molecular formula is C17H17FN2O3S. The lowest BCUT2D eigenvalue weighted by molar-refractivity contribution is 0.0734. The number of sulfonamides is 1. The number of primary sulfonamides is 1. The lowest BCUT2D eigenvalue weighted by Gasteiger charge is -2.29. The van der Waals surface area contributed by atoms with Crippen LogP contribution in [0.5, 0.6) is 0 Å². The first-order valence-electron chi connectivity index (χ1n) is 7.48. The third-order valence-electron chi connectivity index (χ3n) is 4.04. The predicted octanol–water partition coefficient (Wildman–Crippen LogP) is 1.81. The molecular weight excluding hydrogens is 331 g/mol. The molecule has 3 rings (SSSR count). The van der Waals surface area contributed by atoms with Crippen LogP contribution in [0.1, 0.15) is 27.0 Å². The Morgan fingerprint density at radius 1 is 1.12 bits per heavy atom. The summed E-state index contributed by atoms with van der Waals surface area (Å²) in [6, 6.07) is 11.0. The van der Waals surface area contributed by atoms with E-state index in [0.29, 0.717) is 30.6 Å². The van der Waals surface area contributed by atoms with Gasteiger partial charge in [-0.3, -0.25) is 4.79 Å². The fourth-order valence-corrected chi connectivity index (χ4v) is 3.51. The van der Waals surface area contributed by atoms with E-state index >= 15 is 0 Å². The van der Waals surface area contributed by atoms with Crippen LogP contribution in [0.3, 0.4) is 0 Å². The van der Waals surface area contributed by atoms with Crippen molar-refractivity contribution in [1.82, 2.24) is 4.90 Å². The van der Waals surface area contributed by atoms with Crippen molar-refractivity contribution in [1.29, 1.82) is 0 Å². The fraction of sp³-hybridized carbons (Fsp3) is 0.235. The van der Waals surface area contributed by atoms with E-state index in [1.807, 2.05) is 0 Å². The predicted molar refractivity (Wildman–Crippen MR) is 88.1 cm³/mol. The van der Waals surface area contributed by atoms with Gasteiger partial charge in [-0.25, -0.2) is 17.9 Å². The molecule has 0 atom stereocenters. The quantitative estimate of drug-likeness (QED) is 0.919. The number of rotatable bonds is 3. The molecule has 0 unspecified atom stereocenters. The smallest absolute Gasteiger partial charge is 0.254 e. The van der Waals surface area contributed by atoms with Crippen molar-refractivity contribution in [2.45, 2.75) is 18.7 Å². The number of carbonyl (C=O) groups is 1. The fourth-order valence-electron chi connectivity index (χ4n) is 2.86. The van der Waals surface area contributed by atoms with Crippen LogP contribution >= 0.6 is 0 Å². The second-order valence-electron chi connectivity index (χ2n) is 5.89. The number of halogens is 1.